The molecular formula is C12H13ClIN3. The number of halogens is 2. The molecule has 0 radical (unpaired) electrons. The molecule has 1 N–H and O–H groups in total. The van der Waals surface area contributed by atoms with Crippen molar-refractivity contribution < 1.29 is 0 Å². The van der Waals surface area contributed by atoms with Gasteiger partial charge in [-0.05, 0) is 54.3 Å². The summed E-state index contributed by atoms with van der Waals surface area (Å²) in [7, 11) is 1.93. The molecule has 5 heteroatoms. The monoisotopic (exact) mass is 361 g/mol. The number of rotatable bonds is 3. The normalized spacial score (nSPS) is 12.7. The summed E-state index contributed by atoms with van der Waals surface area (Å²) >= 11 is 8.51. The third-order valence-corrected chi connectivity index (χ3v) is 3.56. The molecule has 0 aliphatic rings. The number of hydrogen-bond donors (Lipinski definition) is 1. The predicted octanol–water partition coefficient (Wildman–Crippen LogP) is 3.41. The highest BCUT2D eigenvalue weighted by Crippen LogP contribution is 2.24. The molecule has 1 heterocycles. The Kier molecular flexibility index (Phi) is 4.06. The van der Waals surface area contributed by atoms with Crippen LogP contribution in [-0.4, -0.2) is 16.8 Å². The number of hydrogen-bond acceptors (Lipinski definition) is 2. The lowest BCUT2D eigenvalue weighted by Gasteiger charge is -2.12. The Morgan fingerprint density at radius 3 is 2.76 bits per heavy atom. The van der Waals surface area contributed by atoms with Crippen molar-refractivity contribution in [3.63, 3.8) is 0 Å². The third kappa shape index (κ3) is 2.81. The van der Waals surface area contributed by atoms with E-state index in [9.17, 15) is 0 Å². The van der Waals surface area contributed by atoms with Gasteiger partial charge in [0.1, 0.15) is 0 Å². The van der Waals surface area contributed by atoms with Crippen LogP contribution in [0.15, 0.2) is 30.6 Å². The van der Waals surface area contributed by atoms with Gasteiger partial charge in [-0.25, -0.2) is 4.68 Å². The van der Waals surface area contributed by atoms with Crippen LogP contribution in [0.1, 0.15) is 18.5 Å². The summed E-state index contributed by atoms with van der Waals surface area (Å²) in [6, 6.07) is 6.33. The second kappa shape index (κ2) is 5.37. The summed E-state index contributed by atoms with van der Waals surface area (Å²) in [5.41, 5.74) is 2.07. The van der Waals surface area contributed by atoms with E-state index in [1.807, 2.05) is 25.4 Å². The lowest BCUT2D eigenvalue weighted by atomic mass is 10.1. The van der Waals surface area contributed by atoms with Gasteiger partial charge in [0.25, 0.3) is 0 Å². The summed E-state index contributed by atoms with van der Waals surface area (Å²) < 4.78 is 2.88. The fourth-order valence-electron chi connectivity index (χ4n) is 1.58. The van der Waals surface area contributed by atoms with E-state index >= 15 is 0 Å². The molecule has 1 aromatic carbocycles. The van der Waals surface area contributed by atoms with Crippen molar-refractivity contribution >= 4 is 34.2 Å². The molecule has 2 rings (SSSR count). The molecule has 1 atom stereocenters. The third-order valence-electron chi connectivity index (χ3n) is 2.70. The van der Waals surface area contributed by atoms with Crippen LogP contribution in [0.3, 0.4) is 0 Å². The first kappa shape index (κ1) is 12.9. The lowest BCUT2D eigenvalue weighted by molar-refractivity contribution is 0.652. The Morgan fingerprint density at radius 2 is 2.24 bits per heavy atom. The van der Waals surface area contributed by atoms with E-state index in [1.165, 1.54) is 5.56 Å². The molecule has 0 aliphatic heterocycles. The number of aromatic nitrogens is 2. The van der Waals surface area contributed by atoms with Gasteiger partial charge in [0.15, 0.2) is 0 Å². The Hall–Kier alpha value is -0.590. The largest absolute Gasteiger partial charge is 0.313 e. The van der Waals surface area contributed by atoms with Crippen molar-refractivity contribution in [1.82, 2.24) is 15.1 Å². The number of nitrogens with one attached hydrogen (secondary N) is 1. The molecule has 0 fully saturated rings. The van der Waals surface area contributed by atoms with Gasteiger partial charge < -0.3 is 5.32 Å². The average Bonchev–Trinajstić information content (AvgIpc) is 2.74. The molecule has 0 bridgehead atoms. The van der Waals surface area contributed by atoms with Gasteiger partial charge in [0.05, 0.1) is 20.5 Å². The highest BCUT2D eigenvalue weighted by atomic mass is 127. The van der Waals surface area contributed by atoms with Gasteiger partial charge in [-0.15, -0.1) is 0 Å². The molecule has 90 valence electrons. The fourth-order valence-corrected chi connectivity index (χ4v) is 2.24. The van der Waals surface area contributed by atoms with Crippen LogP contribution in [0.2, 0.25) is 5.02 Å². The molecular weight excluding hydrogens is 349 g/mol. The van der Waals surface area contributed by atoms with Gasteiger partial charge in [0, 0.05) is 12.2 Å². The lowest BCUT2D eigenvalue weighted by Crippen LogP contribution is -2.12. The Morgan fingerprint density at radius 1 is 1.47 bits per heavy atom. The van der Waals surface area contributed by atoms with Gasteiger partial charge >= 0.3 is 0 Å². The molecule has 3 nitrogen and oxygen atoms in total. The van der Waals surface area contributed by atoms with Crippen LogP contribution in [0.25, 0.3) is 5.69 Å². The summed E-state index contributed by atoms with van der Waals surface area (Å²) in [4.78, 5) is 0. The van der Waals surface area contributed by atoms with E-state index in [-0.39, 0.29) is 0 Å². The van der Waals surface area contributed by atoms with E-state index in [0.717, 1.165) is 9.26 Å². The topological polar surface area (TPSA) is 29.9 Å². The maximum atomic E-state index is 6.28. The van der Waals surface area contributed by atoms with E-state index in [2.05, 4.69) is 46.0 Å². The van der Waals surface area contributed by atoms with Gasteiger partial charge in [-0.3, -0.25) is 0 Å². The van der Waals surface area contributed by atoms with E-state index < -0.39 is 0 Å². The molecule has 0 aliphatic carbocycles. The van der Waals surface area contributed by atoms with Crippen LogP contribution >= 0.6 is 34.2 Å². The number of benzene rings is 1. The van der Waals surface area contributed by atoms with Crippen molar-refractivity contribution in [2.45, 2.75) is 13.0 Å². The zero-order valence-corrected chi connectivity index (χ0v) is 12.5. The molecule has 17 heavy (non-hydrogen) atoms. The molecule has 1 unspecified atom stereocenters. The molecule has 0 saturated heterocycles. The van der Waals surface area contributed by atoms with Crippen LogP contribution in [-0.2, 0) is 0 Å². The molecule has 0 saturated carbocycles. The van der Waals surface area contributed by atoms with Crippen LogP contribution < -0.4 is 5.32 Å². The standard InChI is InChI=1S/C12H13ClIN3/c1-8(15-2)9-3-4-12(11(13)5-9)17-7-10(14)6-16-17/h3-8,15H,1-2H3. The SMILES string of the molecule is CNC(C)c1ccc(-n2cc(I)cn2)c(Cl)c1. The molecule has 1 aromatic heterocycles. The molecule has 2 aromatic rings. The number of nitrogens with zero attached hydrogens (tertiary/aromatic N) is 2. The summed E-state index contributed by atoms with van der Waals surface area (Å²) in [5, 5.41) is 8.15. The Bertz CT molecular complexity index is 524. The highest BCUT2D eigenvalue weighted by Gasteiger charge is 2.08. The minimum absolute atomic E-state index is 0.291. The minimum Gasteiger partial charge on any atom is -0.313 e. The highest BCUT2D eigenvalue weighted by molar-refractivity contribution is 14.1. The van der Waals surface area contributed by atoms with Crippen molar-refractivity contribution in [3.05, 3.63) is 44.7 Å². The van der Waals surface area contributed by atoms with E-state index in [0.29, 0.717) is 11.1 Å². The summed E-state index contributed by atoms with van der Waals surface area (Å²) in [5.74, 6) is 0. The summed E-state index contributed by atoms with van der Waals surface area (Å²) in [6.45, 7) is 2.10. The second-order valence-corrected chi connectivity index (χ2v) is 5.48. The minimum atomic E-state index is 0.291. The van der Waals surface area contributed by atoms with E-state index in [1.54, 1.807) is 10.9 Å². The first-order valence-electron chi connectivity index (χ1n) is 5.29. The van der Waals surface area contributed by atoms with Crippen LogP contribution in [0, 0.1) is 3.57 Å². The van der Waals surface area contributed by atoms with Gasteiger partial charge in [-0.2, -0.15) is 5.10 Å². The van der Waals surface area contributed by atoms with Crippen molar-refractivity contribution in [1.29, 1.82) is 0 Å². The van der Waals surface area contributed by atoms with Gasteiger partial charge in [-0.1, -0.05) is 17.7 Å². The first-order chi connectivity index (χ1) is 8.11. The van der Waals surface area contributed by atoms with Crippen molar-refractivity contribution in [3.8, 4) is 5.69 Å². The Balaban J connectivity index is 2.38. The van der Waals surface area contributed by atoms with Gasteiger partial charge in [0.2, 0.25) is 0 Å². The fraction of sp³-hybridized carbons (Fsp3) is 0.250. The van der Waals surface area contributed by atoms with Crippen LogP contribution in [0.5, 0.6) is 0 Å². The molecule has 0 amide bonds. The Labute approximate surface area is 119 Å². The second-order valence-electron chi connectivity index (χ2n) is 3.82. The predicted molar refractivity (Wildman–Crippen MR) is 78.8 cm³/mol. The van der Waals surface area contributed by atoms with Crippen molar-refractivity contribution in [2.24, 2.45) is 0 Å². The molecule has 0 spiro atoms. The zero-order valence-electron chi connectivity index (χ0n) is 9.61. The maximum Gasteiger partial charge on any atom is 0.0832 e. The summed E-state index contributed by atoms with van der Waals surface area (Å²) in [6.07, 6.45) is 3.75. The average molecular weight is 362 g/mol. The maximum absolute atomic E-state index is 6.28. The quantitative estimate of drug-likeness (QED) is 0.849. The zero-order chi connectivity index (χ0) is 12.4. The smallest absolute Gasteiger partial charge is 0.0832 e. The van der Waals surface area contributed by atoms with E-state index in [4.69, 9.17) is 11.6 Å². The van der Waals surface area contributed by atoms with Crippen LogP contribution in [0.4, 0.5) is 0 Å². The first-order valence-corrected chi connectivity index (χ1v) is 6.74. The van der Waals surface area contributed by atoms with Crippen molar-refractivity contribution in [2.75, 3.05) is 7.05 Å².